The minimum atomic E-state index is -0.0143. The Morgan fingerprint density at radius 2 is 1.93 bits per heavy atom. The lowest BCUT2D eigenvalue weighted by Gasteiger charge is -2.22. The second-order valence-electron chi connectivity index (χ2n) is 7.40. The number of likely N-dealkylation sites (tertiary alicyclic amines) is 1. The lowest BCUT2D eigenvalue weighted by Crippen LogP contribution is -2.34. The van der Waals surface area contributed by atoms with Crippen LogP contribution in [0.1, 0.15) is 23.7 Å². The third-order valence-electron chi connectivity index (χ3n) is 5.24. The van der Waals surface area contributed by atoms with Gasteiger partial charge in [0.1, 0.15) is 5.69 Å². The maximum atomic E-state index is 13.3. The van der Waals surface area contributed by atoms with E-state index in [4.69, 9.17) is 10.8 Å². The number of benzene rings is 1. The largest absolute Gasteiger partial charge is 0.338 e. The Bertz CT molecular complexity index is 948. The molecule has 1 amide bonds. The highest BCUT2D eigenvalue weighted by molar-refractivity contribution is 6.00. The molecule has 2 aromatic heterocycles. The SMILES string of the molecule is CC1(CN)CCN(C(=O)c2cn(-c3ccccc3)nc2-c2cccnc2)C1.Cl.Cl. The summed E-state index contributed by atoms with van der Waals surface area (Å²) in [5, 5.41) is 4.70. The zero-order valence-electron chi connectivity index (χ0n) is 16.2. The fourth-order valence-electron chi connectivity index (χ4n) is 3.49. The quantitative estimate of drug-likeness (QED) is 0.681. The third kappa shape index (κ3) is 4.61. The number of hydrogen-bond donors (Lipinski definition) is 1. The number of halogens is 2. The summed E-state index contributed by atoms with van der Waals surface area (Å²) in [6, 6.07) is 13.6. The molecule has 2 N–H and O–H groups in total. The highest BCUT2D eigenvalue weighted by atomic mass is 35.5. The first-order valence-corrected chi connectivity index (χ1v) is 9.14. The molecule has 3 heterocycles. The minimum absolute atomic E-state index is 0. The van der Waals surface area contributed by atoms with Gasteiger partial charge in [-0.1, -0.05) is 25.1 Å². The summed E-state index contributed by atoms with van der Waals surface area (Å²) >= 11 is 0. The number of para-hydroxylation sites is 1. The van der Waals surface area contributed by atoms with Crippen LogP contribution in [0.2, 0.25) is 0 Å². The molecule has 8 heteroatoms. The summed E-state index contributed by atoms with van der Waals surface area (Å²) in [5.74, 6) is -0.00629. The number of carbonyl (C=O) groups is 1. The number of pyridine rings is 1. The molecule has 0 saturated carbocycles. The summed E-state index contributed by atoms with van der Waals surface area (Å²) in [6.07, 6.45) is 6.19. The van der Waals surface area contributed by atoms with Gasteiger partial charge in [0, 0.05) is 37.2 Å². The van der Waals surface area contributed by atoms with Gasteiger partial charge in [0.15, 0.2) is 0 Å². The van der Waals surface area contributed by atoms with Crippen LogP contribution in [0, 0.1) is 5.41 Å². The van der Waals surface area contributed by atoms with Gasteiger partial charge in [0.25, 0.3) is 5.91 Å². The number of carbonyl (C=O) groups excluding carboxylic acids is 1. The molecule has 6 nitrogen and oxygen atoms in total. The van der Waals surface area contributed by atoms with Gasteiger partial charge in [-0.15, -0.1) is 24.8 Å². The molecule has 0 spiro atoms. The van der Waals surface area contributed by atoms with Gasteiger partial charge in [0.05, 0.1) is 11.3 Å². The van der Waals surface area contributed by atoms with Gasteiger partial charge in [-0.2, -0.15) is 5.10 Å². The molecule has 0 aliphatic carbocycles. The van der Waals surface area contributed by atoms with Crippen molar-refractivity contribution >= 4 is 30.7 Å². The Morgan fingerprint density at radius 1 is 1.17 bits per heavy atom. The van der Waals surface area contributed by atoms with Crippen LogP contribution >= 0.6 is 24.8 Å². The maximum absolute atomic E-state index is 13.3. The third-order valence-corrected chi connectivity index (χ3v) is 5.24. The van der Waals surface area contributed by atoms with Crippen LogP contribution in [0.5, 0.6) is 0 Å². The Hall–Kier alpha value is -2.41. The van der Waals surface area contributed by atoms with Crippen molar-refractivity contribution in [3.05, 3.63) is 66.6 Å². The van der Waals surface area contributed by atoms with Crippen LogP contribution in [-0.4, -0.2) is 45.2 Å². The number of amides is 1. The molecule has 0 bridgehead atoms. The van der Waals surface area contributed by atoms with Crippen LogP contribution in [0.25, 0.3) is 16.9 Å². The van der Waals surface area contributed by atoms with E-state index >= 15 is 0 Å². The lowest BCUT2D eigenvalue weighted by atomic mass is 9.90. The van der Waals surface area contributed by atoms with Gasteiger partial charge >= 0.3 is 0 Å². The summed E-state index contributed by atoms with van der Waals surface area (Å²) < 4.78 is 1.76. The van der Waals surface area contributed by atoms with Crippen LogP contribution in [0.15, 0.2) is 61.1 Å². The number of nitrogens with zero attached hydrogens (tertiary/aromatic N) is 4. The highest BCUT2D eigenvalue weighted by Gasteiger charge is 2.36. The second kappa shape index (κ2) is 9.39. The van der Waals surface area contributed by atoms with E-state index in [1.807, 2.05) is 53.6 Å². The Balaban J connectivity index is 0.00000150. The highest BCUT2D eigenvalue weighted by Crippen LogP contribution is 2.31. The standard InChI is InChI=1S/C21H23N5O.2ClH/c1-21(14-22)9-11-25(15-21)20(27)18-13-26(17-7-3-2-4-8-17)24-19(18)16-6-5-10-23-12-16;;/h2-8,10,12-13H,9,11,14-15,22H2,1H3;2*1H. The average Bonchev–Trinajstić information content (AvgIpc) is 3.34. The molecule has 0 radical (unpaired) electrons. The van der Waals surface area contributed by atoms with E-state index in [0.29, 0.717) is 24.3 Å². The van der Waals surface area contributed by atoms with Crippen molar-refractivity contribution in [2.24, 2.45) is 11.1 Å². The molecule has 1 unspecified atom stereocenters. The van der Waals surface area contributed by atoms with Crippen LogP contribution < -0.4 is 5.73 Å². The number of hydrogen-bond acceptors (Lipinski definition) is 4. The van der Waals surface area contributed by atoms with E-state index in [-0.39, 0.29) is 36.1 Å². The lowest BCUT2D eigenvalue weighted by molar-refractivity contribution is 0.0777. The van der Waals surface area contributed by atoms with Gasteiger partial charge in [0.2, 0.25) is 0 Å². The monoisotopic (exact) mass is 433 g/mol. The molecule has 154 valence electrons. The zero-order chi connectivity index (χ0) is 18.9. The van der Waals surface area contributed by atoms with Gasteiger partial charge in [-0.05, 0) is 42.6 Å². The molecule has 1 fully saturated rings. The van der Waals surface area contributed by atoms with Crippen molar-refractivity contribution in [1.82, 2.24) is 19.7 Å². The Morgan fingerprint density at radius 3 is 2.55 bits per heavy atom. The van der Waals surface area contributed by atoms with Gasteiger partial charge < -0.3 is 10.6 Å². The molecular weight excluding hydrogens is 409 g/mol. The van der Waals surface area contributed by atoms with Gasteiger partial charge in [-0.25, -0.2) is 4.68 Å². The summed E-state index contributed by atoms with van der Waals surface area (Å²) in [4.78, 5) is 19.4. The predicted molar refractivity (Wildman–Crippen MR) is 119 cm³/mol. The van der Waals surface area contributed by atoms with Crippen LogP contribution in [0.4, 0.5) is 0 Å². The first-order chi connectivity index (χ1) is 13.1. The summed E-state index contributed by atoms with van der Waals surface area (Å²) in [6.45, 7) is 4.10. The van der Waals surface area contributed by atoms with Crippen molar-refractivity contribution in [2.75, 3.05) is 19.6 Å². The molecular formula is C21H25Cl2N5O. The van der Waals surface area contributed by atoms with E-state index in [1.165, 1.54) is 0 Å². The van der Waals surface area contributed by atoms with Crippen LogP contribution in [-0.2, 0) is 0 Å². The Kier molecular flexibility index (Phi) is 7.41. The second-order valence-corrected chi connectivity index (χ2v) is 7.40. The molecule has 29 heavy (non-hydrogen) atoms. The summed E-state index contributed by atoms with van der Waals surface area (Å²) in [7, 11) is 0. The molecule has 1 saturated heterocycles. The molecule has 3 aromatic rings. The topological polar surface area (TPSA) is 77.0 Å². The van der Waals surface area contributed by atoms with E-state index in [0.717, 1.165) is 24.2 Å². The fourth-order valence-corrected chi connectivity index (χ4v) is 3.49. The smallest absolute Gasteiger partial charge is 0.257 e. The first-order valence-electron chi connectivity index (χ1n) is 9.14. The molecule has 4 rings (SSSR count). The van der Waals surface area contributed by atoms with Crippen LogP contribution in [0.3, 0.4) is 0 Å². The minimum Gasteiger partial charge on any atom is -0.338 e. The van der Waals surface area contributed by atoms with Crippen molar-refractivity contribution in [1.29, 1.82) is 0 Å². The molecule has 1 aliphatic rings. The molecule has 1 aliphatic heterocycles. The van der Waals surface area contributed by atoms with E-state index in [9.17, 15) is 4.79 Å². The Labute approximate surface area is 182 Å². The predicted octanol–water partition coefficient (Wildman–Crippen LogP) is 3.59. The van der Waals surface area contributed by atoms with E-state index < -0.39 is 0 Å². The van der Waals surface area contributed by atoms with Gasteiger partial charge in [-0.3, -0.25) is 9.78 Å². The van der Waals surface area contributed by atoms with Crippen molar-refractivity contribution < 1.29 is 4.79 Å². The number of rotatable bonds is 4. The van der Waals surface area contributed by atoms with E-state index in [2.05, 4.69) is 11.9 Å². The number of aromatic nitrogens is 3. The van der Waals surface area contributed by atoms with E-state index in [1.54, 1.807) is 17.1 Å². The first kappa shape index (κ1) is 22.9. The zero-order valence-corrected chi connectivity index (χ0v) is 17.8. The fraction of sp³-hybridized carbons (Fsp3) is 0.286. The normalized spacial score (nSPS) is 18.1. The molecule has 1 atom stereocenters. The number of nitrogens with two attached hydrogens (primary N) is 1. The van der Waals surface area contributed by atoms with Crippen molar-refractivity contribution in [2.45, 2.75) is 13.3 Å². The summed E-state index contributed by atoms with van der Waals surface area (Å²) in [5.41, 5.74) is 8.88. The average molecular weight is 434 g/mol. The molecule has 1 aromatic carbocycles. The maximum Gasteiger partial charge on any atom is 0.257 e. The van der Waals surface area contributed by atoms with Crippen molar-refractivity contribution in [3.63, 3.8) is 0 Å². The van der Waals surface area contributed by atoms with Crippen molar-refractivity contribution in [3.8, 4) is 16.9 Å².